The number of rotatable bonds is 7. The second kappa shape index (κ2) is 10.3. The molecule has 3 rings (SSSR count). The average Bonchev–Trinajstić information content (AvgIpc) is 3.14. The van der Waals surface area contributed by atoms with Crippen LogP contribution in [0.1, 0.15) is 36.4 Å². The van der Waals surface area contributed by atoms with E-state index < -0.39 is 0 Å². The molecule has 0 bridgehead atoms. The summed E-state index contributed by atoms with van der Waals surface area (Å²) >= 11 is 0. The van der Waals surface area contributed by atoms with Gasteiger partial charge in [0, 0.05) is 12.0 Å². The Bertz CT molecular complexity index is 689. The quantitative estimate of drug-likeness (QED) is 0.765. The number of carbonyl (C=O) groups is 1. The number of hydrogen-bond donors (Lipinski definition) is 2. The zero-order valence-corrected chi connectivity index (χ0v) is 15.6. The first kappa shape index (κ1) is 20.4. The Morgan fingerprint density at radius 2 is 1.88 bits per heavy atom. The molecule has 1 amide bonds. The Kier molecular flexibility index (Phi) is 8.07. The summed E-state index contributed by atoms with van der Waals surface area (Å²) in [6, 6.07) is 16.2. The molecular weight excluding hydrogens is 351 g/mol. The topological polar surface area (TPSA) is 41.1 Å². The molecule has 1 heterocycles. The number of amides is 1. The molecule has 2 N–H and O–H groups in total. The van der Waals surface area contributed by atoms with Crippen LogP contribution in [-0.4, -0.2) is 19.0 Å². The van der Waals surface area contributed by atoms with Crippen LogP contribution in [0.5, 0.6) is 0 Å². The highest BCUT2D eigenvalue weighted by Crippen LogP contribution is 2.22. The average molecular weight is 377 g/mol. The molecule has 1 fully saturated rings. The predicted molar refractivity (Wildman–Crippen MR) is 105 cm³/mol. The van der Waals surface area contributed by atoms with Gasteiger partial charge in [0.1, 0.15) is 5.82 Å². The van der Waals surface area contributed by atoms with Crippen LogP contribution < -0.4 is 10.6 Å². The third-order valence-electron chi connectivity index (χ3n) is 4.84. The van der Waals surface area contributed by atoms with E-state index in [1.54, 1.807) is 12.1 Å². The summed E-state index contributed by atoms with van der Waals surface area (Å²) in [5, 5.41) is 6.37. The van der Waals surface area contributed by atoms with Crippen LogP contribution in [0.3, 0.4) is 0 Å². The largest absolute Gasteiger partial charge is 0.349 e. The van der Waals surface area contributed by atoms with Gasteiger partial charge in [-0.25, -0.2) is 4.39 Å². The molecule has 2 aromatic rings. The Balaban J connectivity index is 0.00000243. The number of carbonyl (C=O) groups excluding carboxylic acids is 1. The fourth-order valence-electron chi connectivity index (χ4n) is 3.41. The van der Waals surface area contributed by atoms with E-state index >= 15 is 0 Å². The lowest BCUT2D eigenvalue weighted by atomic mass is 9.97. The summed E-state index contributed by atoms with van der Waals surface area (Å²) in [6.07, 6.45) is 3.09. The van der Waals surface area contributed by atoms with Crippen molar-refractivity contribution < 1.29 is 9.18 Å². The SMILES string of the molecule is Cl.O=C(CCC1CCNC1)NC(Cc1ccccc1)c1ccccc1F. The molecule has 0 aromatic heterocycles. The van der Waals surface area contributed by atoms with Gasteiger partial charge in [-0.2, -0.15) is 0 Å². The Hall–Kier alpha value is -1.91. The lowest BCUT2D eigenvalue weighted by Crippen LogP contribution is -2.31. The van der Waals surface area contributed by atoms with Crippen LogP contribution in [0.4, 0.5) is 4.39 Å². The lowest BCUT2D eigenvalue weighted by molar-refractivity contribution is -0.122. The minimum absolute atomic E-state index is 0. The van der Waals surface area contributed by atoms with Crippen molar-refractivity contribution in [2.24, 2.45) is 5.92 Å². The van der Waals surface area contributed by atoms with Crippen LogP contribution in [0.25, 0.3) is 0 Å². The molecule has 0 spiro atoms. The standard InChI is InChI=1S/C21H25FN2O.ClH/c22-19-9-5-4-8-18(19)20(14-16-6-2-1-3-7-16)24-21(25)11-10-17-12-13-23-15-17;/h1-9,17,20,23H,10-15H2,(H,24,25);1H. The monoisotopic (exact) mass is 376 g/mol. The highest BCUT2D eigenvalue weighted by Gasteiger charge is 2.20. The lowest BCUT2D eigenvalue weighted by Gasteiger charge is -2.20. The van der Waals surface area contributed by atoms with Gasteiger partial charge in [0.05, 0.1) is 6.04 Å². The first-order valence-corrected chi connectivity index (χ1v) is 9.01. The van der Waals surface area contributed by atoms with Crippen LogP contribution in [-0.2, 0) is 11.2 Å². The van der Waals surface area contributed by atoms with E-state index in [1.807, 2.05) is 36.4 Å². The molecule has 2 atom stereocenters. The molecule has 140 valence electrons. The molecule has 1 aliphatic rings. The van der Waals surface area contributed by atoms with Gasteiger partial charge in [-0.3, -0.25) is 4.79 Å². The molecule has 0 radical (unpaired) electrons. The predicted octanol–water partition coefficient (Wildman–Crippen LogP) is 4.04. The third-order valence-corrected chi connectivity index (χ3v) is 4.84. The van der Waals surface area contributed by atoms with Gasteiger partial charge in [0.15, 0.2) is 0 Å². The van der Waals surface area contributed by atoms with Gasteiger partial charge in [-0.1, -0.05) is 48.5 Å². The Morgan fingerprint density at radius 3 is 2.58 bits per heavy atom. The molecule has 0 aliphatic carbocycles. The zero-order valence-electron chi connectivity index (χ0n) is 14.8. The summed E-state index contributed by atoms with van der Waals surface area (Å²) in [6.45, 7) is 2.03. The van der Waals surface area contributed by atoms with Crippen molar-refractivity contribution in [1.82, 2.24) is 10.6 Å². The summed E-state index contributed by atoms with van der Waals surface area (Å²) in [5.41, 5.74) is 1.62. The number of benzene rings is 2. The number of nitrogens with one attached hydrogen (secondary N) is 2. The van der Waals surface area contributed by atoms with Crippen molar-refractivity contribution in [2.45, 2.75) is 31.7 Å². The van der Waals surface area contributed by atoms with Gasteiger partial charge >= 0.3 is 0 Å². The highest BCUT2D eigenvalue weighted by atomic mass is 35.5. The minimum Gasteiger partial charge on any atom is -0.349 e. The van der Waals surface area contributed by atoms with E-state index in [2.05, 4.69) is 10.6 Å². The summed E-state index contributed by atoms with van der Waals surface area (Å²) in [4.78, 5) is 12.4. The van der Waals surface area contributed by atoms with Crippen LogP contribution >= 0.6 is 12.4 Å². The van der Waals surface area contributed by atoms with Crippen molar-refractivity contribution in [1.29, 1.82) is 0 Å². The first-order valence-electron chi connectivity index (χ1n) is 9.01. The van der Waals surface area contributed by atoms with E-state index in [1.165, 1.54) is 6.07 Å². The van der Waals surface area contributed by atoms with Crippen LogP contribution in [0.15, 0.2) is 54.6 Å². The molecule has 26 heavy (non-hydrogen) atoms. The smallest absolute Gasteiger partial charge is 0.220 e. The molecule has 1 saturated heterocycles. The number of hydrogen-bond acceptors (Lipinski definition) is 2. The molecular formula is C21H26ClFN2O. The minimum atomic E-state index is -0.349. The highest BCUT2D eigenvalue weighted by molar-refractivity contribution is 5.85. The maximum Gasteiger partial charge on any atom is 0.220 e. The summed E-state index contributed by atoms with van der Waals surface area (Å²) in [5.74, 6) is 0.298. The van der Waals surface area contributed by atoms with Crippen molar-refractivity contribution in [3.05, 3.63) is 71.5 Å². The van der Waals surface area contributed by atoms with Gasteiger partial charge in [-0.15, -0.1) is 12.4 Å². The Labute approximate surface area is 160 Å². The molecule has 1 aliphatic heterocycles. The maximum atomic E-state index is 14.3. The Morgan fingerprint density at radius 1 is 1.15 bits per heavy atom. The van der Waals surface area contributed by atoms with Gasteiger partial charge in [0.2, 0.25) is 5.91 Å². The van der Waals surface area contributed by atoms with E-state index in [4.69, 9.17) is 0 Å². The normalized spacial score (nSPS) is 17.3. The summed E-state index contributed by atoms with van der Waals surface area (Å²) in [7, 11) is 0. The van der Waals surface area contributed by atoms with Gasteiger partial charge in [0.25, 0.3) is 0 Å². The fraction of sp³-hybridized carbons (Fsp3) is 0.381. The molecule has 5 heteroatoms. The third kappa shape index (κ3) is 5.82. The van der Waals surface area contributed by atoms with E-state index in [0.717, 1.165) is 31.5 Å². The van der Waals surface area contributed by atoms with E-state index in [0.29, 0.717) is 24.3 Å². The maximum absolute atomic E-state index is 14.3. The van der Waals surface area contributed by atoms with Crippen molar-refractivity contribution in [3.63, 3.8) is 0 Å². The van der Waals surface area contributed by atoms with Gasteiger partial charge < -0.3 is 10.6 Å². The summed E-state index contributed by atoms with van der Waals surface area (Å²) < 4.78 is 14.3. The second-order valence-electron chi connectivity index (χ2n) is 6.73. The molecule has 3 nitrogen and oxygen atoms in total. The zero-order chi connectivity index (χ0) is 17.5. The number of halogens is 2. The van der Waals surface area contributed by atoms with Gasteiger partial charge in [-0.05, 0) is 49.9 Å². The van der Waals surface area contributed by atoms with Crippen LogP contribution in [0, 0.1) is 11.7 Å². The van der Waals surface area contributed by atoms with Crippen molar-refractivity contribution >= 4 is 18.3 Å². The van der Waals surface area contributed by atoms with Crippen molar-refractivity contribution in [3.8, 4) is 0 Å². The molecule has 0 saturated carbocycles. The van der Waals surface area contributed by atoms with Crippen LogP contribution in [0.2, 0.25) is 0 Å². The van der Waals surface area contributed by atoms with Crippen molar-refractivity contribution in [2.75, 3.05) is 13.1 Å². The molecule has 2 unspecified atom stereocenters. The second-order valence-corrected chi connectivity index (χ2v) is 6.73. The van der Waals surface area contributed by atoms with E-state index in [-0.39, 0.29) is 30.2 Å². The van der Waals surface area contributed by atoms with E-state index in [9.17, 15) is 9.18 Å². The molecule has 2 aromatic carbocycles. The fourth-order valence-corrected chi connectivity index (χ4v) is 3.41. The first-order chi connectivity index (χ1) is 12.2.